The molecule has 31 heavy (non-hydrogen) atoms. The maximum atomic E-state index is 5.19. The Hall–Kier alpha value is -3.22. The SMILES string of the molecule is CN1C[C@H](c2ccccc2P(c2ccccc2)c2ccccc2)N=C1c1ccccc1. The van der Waals surface area contributed by atoms with Crippen molar-refractivity contribution in [3.63, 3.8) is 0 Å². The van der Waals surface area contributed by atoms with Gasteiger partial charge >= 0.3 is 0 Å². The second-order valence-corrected chi connectivity index (χ2v) is 9.97. The third-order valence-electron chi connectivity index (χ3n) is 5.68. The van der Waals surface area contributed by atoms with Gasteiger partial charge in [0.2, 0.25) is 0 Å². The Kier molecular flexibility index (Phi) is 5.65. The van der Waals surface area contributed by atoms with E-state index in [1.807, 2.05) is 0 Å². The number of likely N-dealkylation sites (N-methyl/N-ethyl adjacent to an activating group) is 1. The van der Waals surface area contributed by atoms with E-state index in [1.54, 1.807) is 0 Å². The van der Waals surface area contributed by atoms with Crippen LogP contribution in [0.2, 0.25) is 0 Å². The molecule has 1 aliphatic heterocycles. The van der Waals surface area contributed by atoms with Gasteiger partial charge in [-0.15, -0.1) is 0 Å². The van der Waals surface area contributed by atoms with Gasteiger partial charge in [-0.2, -0.15) is 0 Å². The average Bonchev–Trinajstić information content (AvgIpc) is 3.23. The molecule has 4 aromatic carbocycles. The van der Waals surface area contributed by atoms with Crippen LogP contribution in [0.25, 0.3) is 0 Å². The summed E-state index contributed by atoms with van der Waals surface area (Å²) in [4.78, 5) is 7.47. The van der Waals surface area contributed by atoms with E-state index in [-0.39, 0.29) is 6.04 Å². The molecule has 0 bridgehead atoms. The second-order valence-electron chi connectivity index (χ2n) is 7.78. The molecule has 1 heterocycles. The fourth-order valence-electron chi connectivity index (χ4n) is 4.24. The van der Waals surface area contributed by atoms with Crippen molar-refractivity contribution < 1.29 is 0 Å². The van der Waals surface area contributed by atoms with E-state index in [9.17, 15) is 0 Å². The van der Waals surface area contributed by atoms with Crippen molar-refractivity contribution in [3.8, 4) is 0 Å². The third-order valence-corrected chi connectivity index (χ3v) is 8.20. The van der Waals surface area contributed by atoms with E-state index < -0.39 is 7.92 Å². The molecule has 0 amide bonds. The smallest absolute Gasteiger partial charge is 0.131 e. The summed E-state index contributed by atoms with van der Waals surface area (Å²) in [6, 6.07) is 41.3. The van der Waals surface area contributed by atoms with Gasteiger partial charge in [0.25, 0.3) is 0 Å². The van der Waals surface area contributed by atoms with Crippen LogP contribution < -0.4 is 15.9 Å². The van der Waals surface area contributed by atoms with Crippen LogP contribution in [0.15, 0.2) is 120 Å². The van der Waals surface area contributed by atoms with E-state index in [1.165, 1.54) is 27.0 Å². The predicted octanol–water partition coefficient (Wildman–Crippen LogP) is 4.88. The van der Waals surface area contributed by atoms with E-state index in [0.717, 1.165) is 12.4 Å². The Morgan fingerprint density at radius 2 is 1.19 bits per heavy atom. The summed E-state index contributed by atoms with van der Waals surface area (Å²) in [5.74, 6) is 1.07. The molecule has 0 aromatic heterocycles. The van der Waals surface area contributed by atoms with E-state index in [0.29, 0.717) is 0 Å². The number of hydrogen-bond acceptors (Lipinski definition) is 2. The summed E-state index contributed by atoms with van der Waals surface area (Å²) in [5, 5.41) is 4.14. The summed E-state index contributed by atoms with van der Waals surface area (Å²) >= 11 is 0. The number of nitrogens with zero attached hydrogens (tertiary/aromatic N) is 2. The standard InChI is InChI=1S/C28H25N2P/c1-30-21-26(29-28(30)22-13-5-2-6-14-22)25-19-11-12-20-27(25)31(23-15-7-3-8-16-23)24-17-9-4-10-18-24/h2-20,26H,21H2,1H3/t26-/m1/s1. The number of benzene rings is 4. The molecule has 0 radical (unpaired) electrons. The quantitative estimate of drug-likeness (QED) is 0.420. The second kappa shape index (κ2) is 8.88. The fraction of sp³-hybridized carbons (Fsp3) is 0.107. The van der Waals surface area contributed by atoms with Crippen molar-refractivity contribution in [1.29, 1.82) is 0 Å². The highest BCUT2D eigenvalue weighted by Gasteiger charge is 2.29. The van der Waals surface area contributed by atoms with Gasteiger partial charge in [-0.3, -0.25) is 4.99 Å². The van der Waals surface area contributed by atoms with Crippen LogP contribution in [0.4, 0.5) is 0 Å². The van der Waals surface area contributed by atoms with Crippen molar-refractivity contribution in [3.05, 3.63) is 126 Å². The topological polar surface area (TPSA) is 15.6 Å². The molecule has 1 aliphatic rings. The first-order valence-corrected chi connectivity index (χ1v) is 12.0. The maximum absolute atomic E-state index is 5.19. The molecule has 0 N–H and O–H groups in total. The van der Waals surface area contributed by atoms with Crippen LogP contribution in [0.3, 0.4) is 0 Å². The summed E-state index contributed by atoms with van der Waals surface area (Å²) in [7, 11) is 1.49. The fourth-order valence-corrected chi connectivity index (χ4v) is 6.75. The van der Waals surface area contributed by atoms with Crippen LogP contribution in [0.1, 0.15) is 17.2 Å². The van der Waals surface area contributed by atoms with Gasteiger partial charge in [-0.1, -0.05) is 115 Å². The van der Waals surface area contributed by atoms with Gasteiger partial charge in [0.05, 0.1) is 6.04 Å². The molecule has 0 saturated carbocycles. The number of aliphatic imine (C=N–C) groups is 1. The van der Waals surface area contributed by atoms with E-state index >= 15 is 0 Å². The Labute approximate surface area is 185 Å². The molecule has 152 valence electrons. The van der Waals surface area contributed by atoms with Crippen LogP contribution >= 0.6 is 7.92 Å². The normalized spacial score (nSPS) is 15.9. The van der Waals surface area contributed by atoms with Crippen molar-refractivity contribution in [2.75, 3.05) is 13.6 Å². The van der Waals surface area contributed by atoms with E-state index in [4.69, 9.17) is 4.99 Å². The number of rotatable bonds is 5. The number of hydrogen-bond donors (Lipinski definition) is 0. The molecule has 5 rings (SSSR count). The molecule has 0 unspecified atom stereocenters. The molecular weight excluding hydrogens is 395 g/mol. The van der Waals surface area contributed by atoms with Crippen LogP contribution in [0.5, 0.6) is 0 Å². The zero-order valence-corrected chi connectivity index (χ0v) is 18.5. The van der Waals surface area contributed by atoms with Crippen LogP contribution in [0, 0.1) is 0 Å². The molecule has 3 heteroatoms. The zero-order valence-electron chi connectivity index (χ0n) is 17.6. The minimum Gasteiger partial charge on any atom is -0.357 e. The van der Waals surface area contributed by atoms with Crippen LogP contribution in [-0.2, 0) is 0 Å². The summed E-state index contributed by atoms with van der Waals surface area (Å²) in [6.07, 6.45) is 0. The lowest BCUT2D eigenvalue weighted by molar-refractivity contribution is 0.508. The molecule has 1 atom stereocenters. The highest BCUT2D eigenvalue weighted by atomic mass is 31.1. The van der Waals surface area contributed by atoms with Gasteiger partial charge in [0, 0.05) is 19.2 Å². The van der Waals surface area contributed by atoms with E-state index in [2.05, 4.69) is 127 Å². The van der Waals surface area contributed by atoms with Gasteiger partial charge in [0.15, 0.2) is 0 Å². The molecule has 2 nitrogen and oxygen atoms in total. The van der Waals surface area contributed by atoms with Gasteiger partial charge < -0.3 is 4.90 Å². The molecule has 0 saturated heterocycles. The Morgan fingerprint density at radius 1 is 0.677 bits per heavy atom. The average molecular weight is 420 g/mol. The monoisotopic (exact) mass is 420 g/mol. The molecule has 0 aliphatic carbocycles. The first-order valence-electron chi connectivity index (χ1n) is 10.6. The van der Waals surface area contributed by atoms with Crippen molar-refractivity contribution in [2.24, 2.45) is 4.99 Å². The molecular formula is C28H25N2P. The van der Waals surface area contributed by atoms with Gasteiger partial charge in [0.1, 0.15) is 5.84 Å². The van der Waals surface area contributed by atoms with Gasteiger partial charge in [-0.25, -0.2) is 0 Å². The Morgan fingerprint density at radius 3 is 1.81 bits per heavy atom. The highest BCUT2D eigenvalue weighted by molar-refractivity contribution is 7.79. The summed E-state index contributed by atoms with van der Waals surface area (Å²) < 4.78 is 0. The molecule has 0 fully saturated rings. The number of amidine groups is 1. The minimum atomic E-state index is -0.653. The first-order chi connectivity index (χ1) is 15.3. The lowest BCUT2D eigenvalue weighted by Crippen LogP contribution is -2.27. The largest absolute Gasteiger partial charge is 0.357 e. The third kappa shape index (κ3) is 4.04. The zero-order chi connectivity index (χ0) is 21.0. The highest BCUT2D eigenvalue weighted by Crippen LogP contribution is 2.37. The lowest BCUT2D eigenvalue weighted by atomic mass is 10.1. The Balaban J connectivity index is 1.61. The Bertz CT molecular complexity index is 1130. The van der Waals surface area contributed by atoms with Crippen molar-refractivity contribution in [2.45, 2.75) is 6.04 Å². The maximum Gasteiger partial charge on any atom is 0.131 e. The van der Waals surface area contributed by atoms with Crippen molar-refractivity contribution >= 4 is 29.7 Å². The van der Waals surface area contributed by atoms with Crippen LogP contribution in [-0.4, -0.2) is 24.3 Å². The lowest BCUT2D eigenvalue weighted by Gasteiger charge is -2.24. The van der Waals surface area contributed by atoms with Crippen molar-refractivity contribution in [1.82, 2.24) is 4.90 Å². The minimum absolute atomic E-state index is 0.133. The summed E-state index contributed by atoms with van der Waals surface area (Å²) in [5.41, 5.74) is 2.51. The van der Waals surface area contributed by atoms with Gasteiger partial charge in [-0.05, 0) is 29.4 Å². The summed E-state index contributed by atoms with van der Waals surface area (Å²) in [6.45, 7) is 0.897. The molecule has 0 spiro atoms. The predicted molar refractivity (Wildman–Crippen MR) is 133 cm³/mol. The molecule has 4 aromatic rings. The first kappa shape index (κ1) is 19.7.